The van der Waals surface area contributed by atoms with Gasteiger partial charge in [0.15, 0.2) is 0 Å². The predicted molar refractivity (Wildman–Crippen MR) is 80.4 cm³/mol. The fraction of sp³-hybridized carbons (Fsp3) is 1.00. The molecule has 0 aliphatic carbocycles. The van der Waals surface area contributed by atoms with Crippen LogP contribution in [-0.4, -0.2) is 40.2 Å². The van der Waals surface area contributed by atoms with E-state index in [0.29, 0.717) is 0 Å². The van der Waals surface area contributed by atoms with Crippen molar-refractivity contribution in [2.75, 3.05) is 23.9 Å². The zero-order valence-electron chi connectivity index (χ0n) is 11.6. The van der Waals surface area contributed by atoms with Gasteiger partial charge in [-0.1, -0.05) is 18.3 Å². The average Bonchev–Trinajstić information content (AvgIpc) is 2.09. The molecule has 1 atom stereocenters. The molecule has 0 rings (SSSR count). The molecular formula is C11H25O3PS2. The number of thioether (sulfide) groups is 1. The lowest BCUT2D eigenvalue weighted by Gasteiger charge is -2.38. The quantitative estimate of drug-likeness (QED) is 0.545. The lowest BCUT2D eigenvalue weighted by molar-refractivity contribution is -0.0875. The van der Waals surface area contributed by atoms with Crippen molar-refractivity contribution < 1.29 is 14.2 Å². The first-order valence-electron chi connectivity index (χ1n) is 5.75. The Balaban J connectivity index is 4.30. The van der Waals surface area contributed by atoms with E-state index in [9.17, 15) is 9.67 Å². The summed E-state index contributed by atoms with van der Waals surface area (Å²) in [4.78, 5) is 0. The molecule has 0 aromatic carbocycles. The van der Waals surface area contributed by atoms with E-state index in [4.69, 9.17) is 4.52 Å². The van der Waals surface area contributed by atoms with Gasteiger partial charge in [0.1, 0.15) is 0 Å². The first-order chi connectivity index (χ1) is 7.52. The van der Waals surface area contributed by atoms with Crippen LogP contribution in [0.25, 0.3) is 0 Å². The molecule has 0 amide bonds. The van der Waals surface area contributed by atoms with Gasteiger partial charge in [-0.05, 0) is 33.4 Å². The molecule has 0 saturated carbocycles. The highest BCUT2D eigenvalue weighted by Crippen LogP contribution is 2.59. The monoisotopic (exact) mass is 300 g/mol. The van der Waals surface area contributed by atoms with Gasteiger partial charge in [-0.25, -0.2) is 0 Å². The third-order valence-electron chi connectivity index (χ3n) is 2.63. The number of rotatable bonds is 8. The van der Waals surface area contributed by atoms with E-state index in [-0.39, 0.29) is 0 Å². The Morgan fingerprint density at radius 2 is 1.76 bits per heavy atom. The van der Waals surface area contributed by atoms with E-state index < -0.39 is 17.8 Å². The van der Waals surface area contributed by atoms with Crippen molar-refractivity contribution in [1.29, 1.82) is 0 Å². The minimum atomic E-state index is -2.71. The summed E-state index contributed by atoms with van der Waals surface area (Å²) in [6, 6.07) is 0. The van der Waals surface area contributed by atoms with E-state index in [1.54, 1.807) is 34.4 Å². The number of hydrogen-bond donors (Lipinski definition) is 1. The van der Waals surface area contributed by atoms with Crippen LogP contribution in [0.5, 0.6) is 0 Å². The summed E-state index contributed by atoms with van der Waals surface area (Å²) in [5.41, 5.74) is -1.83. The smallest absolute Gasteiger partial charge is 0.255 e. The predicted octanol–water partition coefficient (Wildman–Crippen LogP) is 3.86. The highest BCUT2D eigenvalue weighted by atomic mass is 32.7. The van der Waals surface area contributed by atoms with Gasteiger partial charge >= 0.3 is 0 Å². The second-order valence-corrected chi connectivity index (χ2v) is 11.5. The summed E-state index contributed by atoms with van der Waals surface area (Å²) in [5.74, 6) is 2.87. The van der Waals surface area contributed by atoms with Crippen LogP contribution in [-0.2, 0) is 9.09 Å². The fourth-order valence-corrected chi connectivity index (χ4v) is 5.84. The minimum Gasteiger partial charge on any atom is -0.387 e. The van der Waals surface area contributed by atoms with E-state index in [0.717, 1.165) is 17.3 Å². The van der Waals surface area contributed by atoms with Crippen LogP contribution < -0.4 is 0 Å². The molecule has 0 heterocycles. The average molecular weight is 300 g/mol. The van der Waals surface area contributed by atoms with Gasteiger partial charge in [0, 0.05) is 18.2 Å². The van der Waals surface area contributed by atoms with Gasteiger partial charge in [-0.15, -0.1) is 0 Å². The second-order valence-electron chi connectivity index (χ2n) is 4.96. The summed E-state index contributed by atoms with van der Waals surface area (Å²) in [6.07, 6.45) is 0. The number of hydrogen-bond acceptors (Lipinski definition) is 5. The zero-order chi connectivity index (χ0) is 13.7. The molecule has 0 saturated heterocycles. The topological polar surface area (TPSA) is 46.5 Å². The Morgan fingerprint density at radius 1 is 1.24 bits per heavy atom. The Morgan fingerprint density at radius 3 is 2.18 bits per heavy atom. The summed E-state index contributed by atoms with van der Waals surface area (Å²) >= 11 is 3.19. The van der Waals surface area contributed by atoms with E-state index in [2.05, 4.69) is 6.92 Å². The Hall–Kier alpha value is 0.850. The molecular weight excluding hydrogens is 275 g/mol. The van der Waals surface area contributed by atoms with Gasteiger partial charge < -0.3 is 9.63 Å². The largest absolute Gasteiger partial charge is 0.387 e. The van der Waals surface area contributed by atoms with Gasteiger partial charge in [0.05, 0.1) is 11.2 Å². The van der Waals surface area contributed by atoms with Crippen LogP contribution in [0, 0.1) is 0 Å². The zero-order valence-corrected chi connectivity index (χ0v) is 14.2. The highest BCUT2D eigenvalue weighted by Gasteiger charge is 2.40. The molecule has 3 nitrogen and oxygen atoms in total. The third kappa shape index (κ3) is 7.12. The Kier molecular flexibility index (Phi) is 7.20. The first kappa shape index (κ1) is 17.8. The molecule has 6 heteroatoms. The molecule has 0 aliphatic rings. The normalized spacial score (nSPS) is 16.9. The lowest BCUT2D eigenvalue weighted by Crippen LogP contribution is -2.46. The van der Waals surface area contributed by atoms with Crippen molar-refractivity contribution in [3.05, 3.63) is 0 Å². The van der Waals surface area contributed by atoms with Crippen molar-refractivity contribution in [3.8, 4) is 0 Å². The van der Waals surface area contributed by atoms with Crippen molar-refractivity contribution in [1.82, 2.24) is 0 Å². The molecule has 1 unspecified atom stereocenters. The van der Waals surface area contributed by atoms with Crippen molar-refractivity contribution in [3.63, 3.8) is 0 Å². The fourth-order valence-electron chi connectivity index (χ4n) is 0.959. The van der Waals surface area contributed by atoms with E-state index in [1.807, 2.05) is 11.8 Å². The molecule has 0 fully saturated rings. The lowest BCUT2D eigenvalue weighted by atomic mass is 9.90. The summed E-state index contributed by atoms with van der Waals surface area (Å²) in [5, 5.41) is 9.96. The number of aliphatic hydroxyl groups is 1. The Bertz CT molecular complexity index is 274. The van der Waals surface area contributed by atoms with Gasteiger partial charge in [0.2, 0.25) is 0 Å². The van der Waals surface area contributed by atoms with Gasteiger partial charge in [-0.3, -0.25) is 4.57 Å². The van der Waals surface area contributed by atoms with Crippen LogP contribution in [0.15, 0.2) is 0 Å². The minimum absolute atomic E-state index is 0.814. The van der Waals surface area contributed by atoms with Crippen molar-refractivity contribution in [2.45, 2.75) is 45.8 Å². The van der Waals surface area contributed by atoms with Crippen LogP contribution in [0.1, 0.15) is 34.6 Å². The summed E-state index contributed by atoms with van der Waals surface area (Å²) < 4.78 is 17.9. The van der Waals surface area contributed by atoms with Crippen molar-refractivity contribution >= 4 is 29.7 Å². The van der Waals surface area contributed by atoms with Crippen LogP contribution >= 0.6 is 29.7 Å². The summed E-state index contributed by atoms with van der Waals surface area (Å²) in [7, 11) is 0. The molecule has 0 aliphatic heterocycles. The molecule has 104 valence electrons. The standard InChI is InChI=1S/C11H25O3PS2/c1-7-16-8-9-17-15(6,13)14-11(4,5)10(2,3)12/h12H,7-9H2,1-6H3. The molecule has 0 bridgehead atoms. The molecule has 17 heavy (non-hydrogen) atoms. The maximum absolute atomic E-state index is 12.3. The van der Waals surface area contributed by atoms with E-state index in [1.165, 1.54) is 11.4 Å². The van der Waals surface area contributed by atoms with Crippen LogP contribution in [0.2, 0.25) is 0 Å². The Labute approximate surface area is 114 Å². The SMILES string of the molecule is CCSCCSP(C)(=O)OC(C)(C)C(C)(C)O. The first-order valence-corrected chi connectivity index (χ1v) is 10.6. The molecule has 1 N–H and O–H groups in total. The summed E-state index contributed by atoms with van der Waals surface area (Å²) in [6.45, 7) is 7.90. The van der Waals surface area contributed by atoms with Crippen LogP contribution in [0.4, 0.5) is 0 Å². The van der Waals surface area contributed by atoms with E-state index >= 15 is 0 Å². The molecule has 0 aromatic heterocycles. The highest BCUT2D eigenvalue weighted by molar-refractivity contribution is 8.56. The van der Waals surface area contributed by atoms with Gasteiger partial charge in [0.25, 0.3) is 6.57 Å². The maximum Gasteiger partial charge on any atom is 0.255 e. The third-order valence-corrected chi connectivity index (χ3v) is 7.61. The molecule has 0 radical (unpaired) electrons. The second kappa shape index (κ2) is 6.85. The maximum atomic E-state index is 12.3. The van der Waals surface area contributed by atoms with Crippen molar-refractivity contribution in [2.24, 2.45) is 0 Å². The van der Waals surface area contributed by atoms with Gasteiger partial charge in [-0.2, -0.15) is 11.8 Å². The molecule has 0 aromatic rings. The molecule has 0 spiro atoms. The van der Waals surface area contributed by atoms with Crippen LogP contribution in [0.3, 0.4) is 0 Å².